The molecule has 0 aliphatic rings. The zero-order chi connectivity index (χ0) is 14.0. The molecule has 1 amide bonds. The van der Waals surface area contributed by atoms with Crippen molar-refractivity contribution in [1.82, 2.24) is 0 Å². The molecule has 0 saturated heterocycles. The van der Waals surface area contributed by atoms with Crippen LogP contribution in [-0.2, 0) is 4.79 Å². The van der Waals surface area contributed by atoms with Gasteiger partial charge in [-0.05, 0) is 60.4 Å². The van der Waals surface area contributed by atoms with Gasteiger partial charge in [-0.2, -0.15) is 0 Å². The lowest BCUT2D eigenvalue weighted by Gasteiger charge is -2.10. The van der Waals surface area contributed by atoms with Crippen LogP contribution in [0.4, 0.5) is 11.4 Å². The molecule has 3 N–H and O–H groups in total. The van der Waals surface area contributed by atoms with E-state index >= 15 is 0 Å². The summed E-state index contributed by atoms with van der Waals surface area (Å²) < 4.78 is 0. The lowest BCUT2D eigenvalue weighted by molar-refractivity contribution is -0.114. The van der Waals surface area contributed by atoms with E-state index < -0.39 is 0 Å². The van der Waals surface area contributed by atoms with Gasteiger partial charge >= 0.3 is 0 Å². The van der Waals surface area contributed by atoms with Gasteiger partial charge in [-0.25, -0.2) is 0 Å². The minimum atomic E-state index is -0.0563. The first-order chi connectivity index (χ1) is 8.97. The van der Waals surface area contributed by atoms with E-state index in [0.717, 1.165) is 33.6 Å². The number of anilines is 2. The third kappa shape index (κ3) is 2.94. The minimum absolute atomic E-state index is 0.0563. The first kappa shape index (κ1) is 13.1. The molecular formula is C16H18N2O. The number of amides is 1. The predicted octanol–water partition coefficient (Wildman–Crippen LogP) is 3.51. The summed E-state index contributed by atoms with van der Waals surface area (Å²) in [6, 6.07) is 12.0. The average molecular weight is 254 g/mol. The minimum Gasteiger partial charge on any atom is -0.399 e. The molecule has 0 bridgehead atoms. The molecule has 0 unspecified atom stereocenters. The average Bonchev–Trinajstić information content (AvgIpc) is 2.35. The van der Waals surface area contributed by atoms with Gasteiger partial charge in [0.2, 0.25) is 5.91 Å². The van der Waals surface area contributed by atoms with Gasteiger partial charge in [0.1, 0.15) is 0 Å². The van der Waals surface area contributed by atoms with Crippen LogP contribution in [0.15, 0.2) is 36.4 Å². The molecule has 0 saturated carbocycles. The molecule has 0 aromatic heterocycles. The van der Waals surface area contributed by atoms with Crippen molar-refractivity contribution in [3.63, 3.8) is 0 Å². The highest BCUT2D eigenvalue weighted by atomic mass is 16.1. The Balaban J connectivity index is 2.38. The van der Waals surface area contributed by atoms with E-state index in [-0.39, 0.29) is 5.91 Å². The van der Waals surface area contributed by atoms with Gasteiger partial charge in [-0.1, -0.05) is 12.1 Å². The summed E-state index contributed by atoms with van der Waals surface area (Å²) in [5.41, 5.74) is 11.8. The van der Waals surface area contributed by atoms with Crippen molar-refractivity contribution < 1.29 is 4.79 Å². The Morgan fingerprint density at radius 3 is 2.11 bits per heavy atom. The fourth-order valence-electron chi connectivity index (χ4n) is 2.03. The van der Waals surface area contributed by atoms with Crippen LogP contribution in [0.5, 0.6) is 0 Å². The lowest BCUT2D eigenvalue weighted by Crippen LogP contribution is -2.06. The Kier molecular flexibility index (Phi) is 3.56. The van der Waals surface area contributed by atoms with Crippen molar-refractivity contribution >= 4 is 17.3 Å². The van der Waals surface area contributed by atoms with Crippen LogP contribution < -0.4 is 11.1 Å². The number of hydrogen-bond acceptors (Lipinski definition) is 2. The van der Waals surface area contributed by atoms with E-state index in [2.05, 4.69) is 17.4 Å². The standard InChI is InChI=1S/C16H18N2O/c1-10-8-13(4-6-15(10)17)14-5-7-16(11(2)9-14)18-12(3)19/h4-9H,17H2,1-3H3,(H,18,19). The highest BCUT2D eigenvalue weighted by Crippen LogP contribution is 2.27. The van der Waals surface area contributed by atoms with E-state index in [9.17, 15) is 4.79 Å². The zero-order valence-corrected chi connectivity index (χ0v) is 11.4. The van der Waals surface area contributed by atoms with Crippen LogP contribution in [0.2, 0.25) is 0 Å². The maximum absolute atomic E-state index is 11.1. The first-order valence-electron chi connectivity index (χ1n) is 6.22. The molecule has 0 spiro atoms. The second-order valence-corrected chi connectivity index (χ2v) is 4.78. The molecule has 0 aliphatic carbocycles. The number of hydrogen-bond donors (Lipinski definition) is 2. The summed E-state index contributed by atoms with van der Waals surface area (Å²) in [6.07, 6.45) is 0. The molecule has 0 radical (unpaired) electrons. The van der Waals surface area contributed by atoms with Crippen LogP contribution in [0.1, 0.15) is 18.1 Å². The van der Waals surface area contributed by atoms with E-state index in [1.165, 1.54) is 6.92 Å². The van der Waals surface area contributed by atoms with Gasteiger partial charge in [-0.3, -0.25) is 4.79 Å². The zero-order valence-electron chi connectivity index (χ0n) is 11.4. The molecule has 3 heteroatoms. The maximum Gasteiger partial charge on any atom is 0.221 e. The van der Waals surface area contributed by atoms with Crippen LogP contribution in [0.3, 0.4) is 0 Å². The number of nitrogen functional groups attached to an aromatic ring is 1. The van der Waals surface area contributed by atoms with Gasteiger partial charge in [0.15, 0.2) is 0 Å². The molecule has 98 valence electrons. The molecule has 0 heterocycles. The topological polar surface area (TPSA) is 55.1 Å². The monoisotopic (exact) mass is 254 g/mol. The maximum atomic E-state index is 11.1. The van der Waals surface area contributed by atoms with Crippen LogP contribution in [-0.4, -0.2) is 5.91 Å². The molecule has 3 nitrogen and oxygen atoms in total. The van der Waals surface area contributed by atoms with E-state index in [0.29, 0.717) is 0 Å². The highest BCUT2D eigenvalue weighted by Gasteiger charge is 2.04. The number of rotatable bonds is 2. The summed E-state index contributed by atoms with van der Waals surface area (Å²) in [5, 5.41) is 2.81. The first-order valence-corrected chi connectivity index (χ1v) is 6.22. The fraction of sp³-hybridized carbons (Fsp3) is 0.188. The fourth-order valence-corrected chi connectivity index (χ4v) is 2.03. The van der Waals surface area contributed by atoms with Gasteiger partial charge < -0.3 is 11.1 Å². The number of carbonyl (C=O) groups is 1. The van der Waals surface area contributed by atoms with E-state index in [1.54, 1.807) is 0 Å². The Morgan fingerprint density at radius 2 is 1.58 bits per heavy atom. The number of benzene rings is 2. The Labute approximate surface area is 113 Å². The molecule has 0 atom stereocenters. The third-order valence-corrected chi connectivity index (χ3v) is 3.14. The van der Waals surface area contributed by atoms with Crippen molar-refractivity contribution in [2.75, 3.05) is 11.1 Å². The molecule has 2 aromatic carbocycles. The van der Waals surface area contributed by atoms with E-state index in [4.69, 9.17) is 5.73 Å². The van der Waals surface area contributed by atoms with Crippen molar-refractivity contribution in [2.45, 2.75) is 20.8 Å². The Bertz CT molecular complexity index is 633. The second-order valence-electron chi connectivity index (χ2n) is 4.78. The largest absolute Gasteiger partial charge is 0.399 e. The smallest absolute Gasteiger partial charge is 0.221 e. The summed E-state index contributed by atoms with van der Waals surface area (Å²) in [5.74, 6) is -0.0563. The second kappa shape index (κ2) is 5.14. The van der Waals surface area contributed by atoms with Crippen LogP contribution in [0, 0.1) is 13.8 Å². The summed E-state index contributed by atoms with van der Waals surface area (Å²) in [6.45, 7) is 5.49. The number of nitrogens with two attached hydrogens (primary N) is 1. The Morgan fingerprint density at radius 1 is 1.00 bits per heavy atom. The molecular weight excluding hydrogens is 236 g/mol. The molecule has 0 aliphatic heterocycles. The quantitative estimate of drug-likeness (QED) is 0.806. The van der Waals surface area contributed by atoms with Crippen molar-refractivity contribution in [1.29, 1.82) is 0 Å². The highest BCUT2D eigenvalue weighted by molar-refractivity contribution is 5.90. The van der Waals surface area contributed by atoms with Crippen molar-refractivity contribution in [3.05, 3.63) is 47.5 Å². The van der Waals surface area contributed by atoms with Crippen molar-refractivity contribution in [3.8, 4) is 11.1 Å². The number of aryl methyl sites for hydroxylation is 2. The molecule has 0 fully saturated rings. The summed E-state index contributed by atoms with van der Waals surface area (Å²) in [7, 11) is 0. The summed E-state index contributed by atoms with van der Waals surface area (Å²) >= 11 is 0. The van der Waals surface area contributed by atoms with Crippen LogP contribution in [0.25, 0.3) is 11.1 Å². The van der Waals surface area contributed by atoms with Crippen LogP contribution >= 0.6 is 0 Å². The van der Waals surface area contributed by atoms with Gasteiger partial charge in [0.05, 0.1) is 0 Å². The normalized spacial score (nSPS) is 10.3. The molecule has 2 rings (SSSR count). The third-order valence-electron chi connectivity index (χ3n) is 3.14. The SMILES string of the molecule is CC(=O)Nc1ccc(-c2ccc(N)c(C)c2)cc1C. The van der Waals surface area contributed by atoms with Gasteiger partial charge in [-0.15, -0.1) is 0 Å². The molecule has 19 heavy (non-hydrogen) atoms. The van der Waals surface area contributed by atoms with Crippen molar-refractivity contribution in [2.24, 2.45) is 0 Å². The van der Waals surface area contributed by atoms with Gasteiger partial charge in [0.25, 0.3) is 0 Å². The Hall–Kier alpha value is -2.29. The summed E-state index contributed by atoms with van der Waals surface area (Å²) in [4.78, 5) is 11.1. The van der Waals surface area contributed by atoms with Gasteiger partial charge in [0, 0.05) is 18.3 Å². The number of carbonyl (C=O) groups excluding carboxylic acids is 1. The predicted molar refractivity (Wildman–Crippen MR) is 80.1 cm³/mol. The van der Waals surface area contributed by atoms with E-state index in [1.807, 2.05) is 38.1 Å². The molecule has 2 aromatic rings. The number of nitrogens with one attached hydrogen (secondary N) is 1. The lowest BCUT2D eigenvalue weighted by atomic mass is 10.00.